The number of benzene rings is 2. The lowest BCUT2D eigenvalue weighted by molar-refractivity contribution is -0.140. The standard InChI is InChI=1S/C21H23NO3/c1-14-10-15(2)12-19(11-14)21(24)25-16(3)20(23)22-9-8-17-6-4-5-7-18(17)13-22/h4-7,10-12,16H,8-9,13H2,1-3H3/t16-/m1/s1. The summed E-state index contributed by atoms with van der Waals surface area (Å²) in [4.78, 5) is 26.8. The summed E-state index contributed by atoms with van der Waals surface area (Å²) in [6.45, 7) is 6.73. The van der Waals surface area contributed by atoms with E-state index in [9.17, 15) is 9.59 Å². The maximum absolute atomic E-state index is 12.7. The molecule has 1 aliphatic rings. The Hall–Kier alpha value is -2.62. The number of carbonyl (C=O) groups is 2. The van der Waals surface area contributed by atoms with E-state index < -0.39 is 12.1 Å². The summed E-state index contributed by atoms with van der Waals surface area (Å²) in [6, 6.07) is 13.7. The van der Waals surface area contributed by atoms with Crippen molar-refractivity contribution in [3.05, 3.63) is 70.3 Å². The maximum Gasteiger partial charge on any atom is 0.338 e. The molecular weight excluding hydrogens is 314 g/mol. The van der Waals surface area contributed by atoms with Gasteiger partial charge in [-0.15, -0.1) is 0 Å². The number of hydrogen-bond donors (Lipinski definition) is 0. The van der Waals surface area contributed by atoms with Crippen molar-refractivity contribution in [2.45, 2.75) is 39.8 Å². The fraction of sp³-hybridized carbons (Fsp3) is 0.333. The van der Waals surface area contributed by atoms with E-state index in [1.165, 1.54) is 5.56 Å². The second kappa shape index (κ2) is 7.09. The third-order valence-corrected chi connectivity index (χ3v) is 4.53. The first-order chi connectivity index (χ1) is 11.9. The predicted octanol–water partition coefficient (Wildman–Crippen LogP) is 3.43. The van der Waals surface area contributed by atoms with Crippen LogP contribution < -0.4 is 0 Å². The molecule has 25 heavy (non-hydrogen) atoms. The third kappa shape index (κ3) is 3.90. The Kier molecular flexibility index (Phi) is 4.88. The average Bonchev–Trinajstić information content (AvgIpc) is 2.59. The molecule has 0 saturated heterocycles. The first kappa shape index (κ1) is 17.2. The van der Waals surface area contributed by atoms with Crippen LogP contribution in [0.4, 0.5) is 0 Å². The van der Waals surface area contributed by atoms with Gasteiger partial charge in [-0.3, -0.25) is 4.79 Å². The fourth-order valence-corrected chi connectivity index (χ4v) is 3.31. The van der Waals surface area contributed by atoms with E-state index in [4.69, 9.17) is 4.74 Å². The first-order valence-electron chi connectivity index (χ1n) is 8.59. The Bertz CT molecular complexity index is 792. The van der Waals surface area contributed by atoms with Gasteiger partial charge in [0.1, 0.15) is 0 Å². The van der Waals surface area contributed by atoms with Gasteiger partial charge in [-0.25, -0.2) is 4.79 Å². The van der Waals surface area contributed by atoms with Crippen molar-refractivity contribution in [2.75, 3.05) is 6.54 Å². The average molecular weight is 337 g/mol. The van der Waals surface area contributed by atoms with E-state index in [0.717, 1.165) is 23.1 Å². The van der Waals surface area contributed by atoms with Crippen LogP contribution >= 0.6 is 0 Å². The Balaban J connectivity index is 1.66. The molecule has 4 heteroatoms. The lowest BCUT2D eigenvalue weighted by atomic mass is 9.99. The molecular formula is C21H23NO3. The number of fused-ring (bicyclic) bond motifs is 1. The summed E-state index contributed by atoms with van der Waals surface area (Å²) in [5.41, 5.74) is 4.93. The topological polar surface area (TPSA) is 46.6 Å². The minimum Gasteiger partial charge on any atom is -0.449 e. The molecule has 0 N–H and O–H groups in total. The summed E-state index contributed by atoms with van der Waals surface area (Å²) in [5, 5.41) is 0. The van der Waals surface area contributed by atoms with Crippen molar-refractivity contribution in [3.8, 4) is 0 Å². The number of esters is 1. The Morgan fingerprint density at radius 2 is 1.68 bits per heavy atom. The van der Waals surface area contributed by atoms with Crippen molar-refractivity contribution in [2.24, 2.45) is 0 Å². The van der Waals surface area contributed by atoms with Crippen LogP contribution in [-0.4, -0.2) is 29.4 Å². The Labute approximate surface area is 148 Å². The SMILES string of the molecule is Cc1cc(C)cc(C(=O)O[C@H](C)C(=O)N2CCc3ccccc3C2)c1. The molecule has 3 rings (SSSR count). The highest BCUT2D eigenvalue weighted by Gasteiger charge is 2.27. The van der Waals surface area contributed by atoms with Crippen LogP contribution in [0, 0.1) is 13.8 Å². The van der Waals surface area contributed by atoms with Gasteiger partial charge < -0.3 is 9.64 Å². The molecule has 4 nitrogen and oxygen atoms in total. The highest BCUT2D eigenvalue weighted by Crippen LogP contribution is 2.20. The third-order valence-electron chi connectivity index (χ3n) is 4.53. The molecule has 0 bridgehead atoms. The van der Waals surface area contributed by atoms with Crippen molar-refractivity contribution in [1.29, 1.82) is 0 Å². The zero-order valence-corrected chi connectivity index (χ0v) is 14.9. The Morgan fingerprint density at radius 3 is 2.36 bits per heavy atom. The zero-order chi connectivity index (χ0) is 18.0. The van der Waals surface area contributed by atoms with E-state index in [2.05, 4.69) is 6.07 Å². The summed E-state index contributed by atoms with van der Waals surface area (Å²) in [6.07, 6.45) is 0.0400. The van der Waals surface area contributed by atoms with Crippen LogP contribution in [0.1, 0.15) is 39.5 Å². The molecule has 1 atom stereocenters. The molecule has 0 fully saturated rings. The molecule has 0 aliphatic carbocycles. The normalized spacial score (nSPS) is 14.6. The number of aryl methyl sites for hydroxylation is 2. The highest BCUT2D eigenvalue weighted by molar-refractivity contribution is 5.92. The molecule has 1 amide bonds. The molecule has 0 radical (unpaired) electrons. The molecule has 0 spiro atoms. The van der Waals surface area contributed by atoms with Gasteiger partial charge in [-0.05, 0) is 50.5 Å². The summed E-state index contributed by atoms with van der Waals surface area (Å²) in [5.74, 6) is -0.600. The second-order valence-corrected chi connectivity index (χ2v) is 6.70. The van der Waals surface area contributed by atoms with Crippen molar-refractivity contribution in [3.63, 3.8) is 0 Å². The van der Waals surface area contributed by atoms with Crippen molar-refractivity contribution >= 4 is 11.9 Å². The van der Waals surface area contributed by atoms with Crippen LogP contribution in [-0.2, 0) is 22.5 Å². The fourth-order valence-electron chi connectivity index (χ4n) is 3.31. The molecule has 0 unspecified atom stereocenters. The molecule has 1 heterocycles. The monoisotopic (exact) mass is 337 g/mol. The summed E-state index contributed by atoms with van der Waals surface area (Å²) in [7, 11) is 0. The van der Waals surface area contributed by atoms with E-state index >= 15 is 0 Å². The number of nitrogens with zero attached hydrogens (tertiary/aromatic N) is 1. The van der Waals surface area contributed by atoms with Gasteiger partial charge >= 0.3 is 5.97 Å². The number of amides is 1. The summed E-state index contributed by atoms with van der Waals surface area (Å²) < 4.78 is 5.42. The molecule has 2 aromatic rings. The molecule has 1 aliphatic heterocycles. The van der Waals surface area contributed by atoms with Crippen molar-refractivity contribution in [1.82, 2.24) is 4.90 Å². The van der Waals surface area contributed by atoms with E-state index in [1.54, 1.807) is 24.0 Å². The quantitative estimate of drug-likeness (QED) is 0.806. The maximum atomic E-state index is 12.7. The van der Waals surface area contributed by atoms with E-state index in [-0.39, 0.29) is 5.91 Å². The van der Waals surface area contributed by atoms with Crippen LogP contribution in [0.3, 0.4) is 0 Å². The number of carbonyl (C=O) groups excluding carboxylic acids is 2. The highest BCUT2D eigenvalue weighted by atomic mass is 16.5. The van der Waals surface area contributed by atoms with Crippen LogP contribution in [0.2, 0.25) is 0 Å². The van der Waals surface area contributed by atoms with Gasteiger partial charge in [0.25, 0.3) is 5.91 Å². The van der Waals surface area contributed by atoms with E-state index in [1.807, 2.05) is 38.1 Å². The number of hydrogen-bond acceptors (Lipinski definition) is 3. The lowest BCUT2D eigenvalue weighted by Gasteiger charge is -2.30. The number of rotatable bonds is 3. The van der Waals surface area contributed by atoms with Gasteiger partial charge in [-0.1, -0.05) is 41.5 Å². The van der Waals surface area contributed by atoms with Gasteiger partial charge in [0.15, 0.2) is 6.10 Å². The largest absolute Gasteiger partial charge is 0.449 e. The van der Waals surface area contributed by atoms with Crippen molar-refractivity contribution < 1.29 is 14.3 Å². The first-order valence-corrected chi connectivity index (χ1v) is 8.59. The number of ether oxygens (including phenoxy) is 1. The molecule has 0 saturated carbocycles. The van der Waals surface area contributed by atoms with Crippen LogP contribution in [0.15, 0.2) is 42.5 Å². The Morgan fingerprint density at radius 1 is 1.04 bits per heavy atom. The van der Waals surface area contributed by atoms with E-state index in [0.29, 0.717) is 18.7 Å². The smallest absolute Gasteiger partial charge is 0.338 e. The van der Waals surface area contributed by atoms with Gasteiger partial charge in [0.2, 0.25) is 0 Å². The predicted molar refractivity (Wildman–Crippen MR) is 96.4 cm³/mol. The zero-order valence-electron chi connectivity index (χ0n) is 14.9. The van der Waals surface area contributed by atoms with Gasteiger partial charge in [0.05, 0.1) is 5.56 Å². The molecule has 0 aromatic heterocycles. The molecule has 130 valence electrons. The van der Waals surface area contributed by atoms with Crippen LogP contribution in [0.25, 0.3) is 0 Å². The lowest BCUT2D eigenvalue weighted by Crippen LogP contribution is -2.42. The van der Waals surface area contributed by atoms with Gasteiger partial charge in [-0.2, -0.15) is 0 Å². The van der Waals surface area contributed by atoms with Gasteiger partial charge in [0, 0.05) is 13.1 Å². The minimum absolute atomic E-state index is 0.146. The van der Waals surface area contributed by atoms with Crippen LogP contribution in [0.5, 0.6) is 0 Å². The summed E-state index contributed by atoms with van der Waals surface area (Å²) >= 11 is 0. The molecule has 2 aromatic carbocycles. The minimum atomic E-state index is -0.793. The second-order valence-electron chi connectivity index (χ2n) is 6.70.